The van der Waals surface area contributed by atoms with Crippen molar-refractivity contribution in [1.82, 2.24) is 24.9 Å². The number of carbonyl (C=O) groups is 1. The molecule has 0 aliphatic carbocycles. The number of carbonyl (C=O) groups excluding carboxylic acids is 1. The van der Waals surface area contributed by atoms with Crippen molar-refractivity contribution < 1.29 is 9.18 Å². The summed E-state index contributed by atoms with van der Waals surface area (Å²) >= 11 is 12.9. The van der Waals surface area contributed by atoms with Gasteiger partial charge in [-0.1, -0.05) is 67.4 Å². The largest absolute Gasteiger partial charge is 0.373 e. The maximum absolute atomic E-state index is 14.0. The van der Waals surface area contributed by atoms with Crippen LogP contribution >= 0.6 is 23.2 Å². The number of nitrogens with zero attached hydrogens (tertiary/aromatic N) is 6. The summed E-state index contributed by atoms with van der Waals surface area (Å²) in [5.41, 5.74) is 3.91. The highest BCUT2D eigenvalue weighted by molar-refractivity contribution is 6.36. The minimum absolute atomic E-state index is 0.0258. The number of nitriles is 1. The molecule has 12 heteroatoms. The molecular formula is C39H41Cl2FN8O. The third-order valence-corrected chi connectivity index (χ3v) is 9.90. The first-order valence-corrected chi connectivity index (χ1v) is 17.7. The molecule has 0 saturated carbocycles. The number of halogens is 3. The molecule has 1 atom stereocenters. The van der Waals surface area contributed by atoms with Crippen LogP contribution in [0.2, 0.25) is 10.0 Å². The molecule has 51 heavy (non-hydrogen) atoms. The van der Waals surface area contributed by atoms with Gasteiger partial charge in [0.15, 0.2) is 5.78 Å². The van der Waals surface area contributed by atoms with Gasteiger partial charge in [-0.2, -0.15) is 5.26 Å². The Labute approximate surface area is 307 Å². The van der Waals surface area contributed by atoms with Crippen LogP contribution in [0.25, 0.3) is 10.9 Å². The monoisotopic (exact) mass is 726 g/mol. The molecule has 3 aromatic carbocycles. The number of pyridine rings is 1. The van der Waals surface area contributed by atoms with Gasteiger partial charge in [0.05, 0.1) is 45.1 Å². The van der Waals surface area contributed by atoms with E-state index in [1.165, 1.54) is 24.4 Å². The topological polar surface area (TPSA) is 112 Å². The average molecular weight is 728 g/mol. The number of hydrogen-bond acceptors (Lipinski definition) is 8. The Kier molecular flexibility index (Phi) is 10.1. The number of benzene rings is 3. The summed E-state index contributed by atoms with van der Waals surface area (Å²) in [7, 11) is 0. The second-order valence-electron chi connectivity index (χ2n) is 15.1. The summed E-state index contributed by atoms with van der Waals surface area (Å²) < 4.78 is 15.9. The second kappa shape index (κ2) is 14.2. The first-order chi connectivity index (χ1) is 24.1. The molecular weight excluding hydrogens is 686 g/mol. The highest BCUT2D eigenvalue weighted by Crippen LogP contribution is 2.38. The van der Waals surface area contributed by atoms with E-state index in [0.29, 0.717) is 44.2 Å². The lowest BCUT2D eigenvalue weighted by Crippen LogP contribution is -2.46. The number of ketones is 1. The van der Waals surface area contributed by atoms with Gasteiger partial charge in [0.1, 0.15) is 17.6 Å². The van der Waals surface area contributed by atoms with Crippen molar-refractivity contribution in [3.63, 3.8) is 0 Å². The molecule has 0 spiro atoms. The van der Waals surface area contributed by atoms with Crippen LogP contribution in [0.4, 0.5) is 21.5 Å². The third kappa shape index (κ3) is 7.86. The molecule has 6 rings (SSSR count). The Morgan fingerprint density at radius 3 is 2.39 bits per heavy atom. The Morgan fingerprint density at radius 2 is 1.73 bits per heavy atom. The quantitative estimate of drug-likeness (QED) is 0.152. The summed E-state index contributed by atoms with van der Waals surface area (Å²) in [6.45, 7) is 14.4. The van der Waals surface area contributed by atoms with E-state index in [9.17, 15) is 14.4 Å². The Hall–Kier alpha value is -4.56. The fraction of sp³-hybridized carbons (Fsp3) is 0.359. The summed E-state index contributed by atoms with van der Waals surface area (Å²) in [6.07, 6.45) is 5.34. The number of likely N-dealkylation sites (tertiary alicyclic amines) is 1. The van der Waals surface area contributed by atoms with Crippen LogP contribution in [0.15, 0.2) is 67.0 Å². The zero-order chi connectivity index (χ0) is 36.7. The number of Topliss-reactive ketones (excluding diaryl/α,β-unsaturated/α-hetero) is 1. The smallest absolute Gasteiger partial charge is 0.168 e. The van der Waals surface area contributed by atoms with E-state index in [2.05, 4.69) is 57.7 Å². The van der Waals surface area contributed by atoms with Crippen molar-refractivity contribution in [1.29, 1.82) is 5.26 Å². The number of rotatable bonds is 8. The van der Waals surface area contributed by atoms with Crippen molar-refractivity contribution in [2.45, 2.75) is 72.0 Å². The molecule has 3 heterocycles. The van der Waals surface area contributed by atoms with E-state index < -0.39 is 17.3 Å². The number of nitrogens with one attached hydrogen (secondary N) is 2. The van der Waals surface area contributed by atoms with Crippen molar-refractivity contribution in [2.75, 3.05) is 23.7 Å². The van der Waals surface area contributed by atoms with Gasteiger partial charge < -0.3 is 10.6 Å². The van der Waals surface area contributed by atoms with Crippen LogP contribution in [0.3, 0.4) is 0 Å². The van der Waals surface area contributed by atoms with Gasteiger partial charge in [0.25, 0.3) is 0 Å². The molecule has 2 N–H and O–H groups in total. The first-order valence-electron chi connectivity index (χ1n) is 16.9. The molecule has 1 unspecified atom stereocenters. The van der Waals surface area contributed by atoms with Crippen molar-refractivity contribution >= 4 is 57.0 Å². The third-order valence-electron chi connectivity index (χ3n) is 9.32. The highest BCUT2D eigenvalue weighted by atomic mass is 35.5. The second-order valence-corrected chi connectivity index (χ2v) is 15.9. The standard InChI is InChI=1S/C39H41Cl2FN8O/c1-38(2,3)37(51)24-9-7-8-23(16-24)35(33-22-50(48-47-33)28-12-14-49(15-13-28)39(4,5)6)46-27-17-29-34(45-26-10-11-32(42)30(40)18-26)25(20-43)21-44-36(29)31(41)19-27/h7-11,16-19,21-22,28,35,46H,12-15H2,1-6H3,(H,44,45). The van der Waals surface area contributed by atoms with Gasteiger partial charge in [0.2, 0.25) is 0 Å². The van der Waals surface area contributed by atoms with E-state index in [1.807, 2.05) is 62.0 Å². The predicted octanol–water partition coefficient (Wildman–Crippen LogP) is 9.75. The van der Waals surface area contributed by atoms with Crippen LogP contribution in [0.1, 0.15) is 93.6 Å². The average Bonchev–Trinajstić information content (AvgIpc) is 3.58. The van der Waals surface area contributed by atoms with Crippen molar-refractivity contribution in [3.8, 4) is 6.07 Å². The van der Waals surface area contributed by atoms with Crippen LogP contribution in [0.5, 0.6) is 0 Å². The first kappa shape index (κ1) is 36.2. The van der Waals surface area contributed by atoms with E-state index >= 15 is 0 Å². The Bertz CT molecular complexity index is 2140. The van der Waals surface area contributed by atoms with Crippen LogP contribution in [-0.4, -0.2) is 49.3 Å². The fourth-order valence-corrected chi connectivity index (χ4v) is 6.92. The lowest BCUT2D eigenvalue weighted by atomic mass is 9.85. The number of piperidine rings is 1. The van der Waals surface area contributed by atoms with Gasteiger partial charge in [-0.15, -0.1) is 5.10 Å². The zero-order valence-electron chi connectivity index (χ0n) is 29.6. The van der Waals surface area contributed by atoms with E-state index in [-0.39, 0.29) is 28.0 Å². The van der Waals surface area contributed by atoms with E-state index in [4.69, 9.17) is 23.2 Å². The molecule has 1 fully saturated rings. The molecule has 264 valence electrons. The molecule has 1 aliphatic heterocycles. The van der Waals surface area contributed by atoms with Crippen molar-refractivity contribution in [3.05, 3.63) is 105 Å². The van der Waals surface area contributed by atoms with Crippen LogP contribution < -0.4 is 10.6 Å². The maximum atomic E-state index is 14.0. The van der Waals surface area contributed by atoms with Gasteiger partial charge in [-0.3, -0.25) is 14.7 Å². The molecule has 1 saturated heterocycles. The number of fused-ring (bicyclic) bond motifs is 1. The van der Waals surface area contributed by atoms with Gasteiger partial charge >= 0.3 is 0 Å². The van der Waals surface area contributed by atoms with Gasteiger partial charge in [-0.05, 0) is 75.6 Å². The number of anilines is 3. The lowest BCUT2D eigenvalue weighted by Gasteiger charge is -2.40. The number of aromatic nitrogens is 4. The molecule has 0 radical (unpaired) electrons. The lowest BCUT2D eigenvalue weighted by molar-refractivity contribution is 0.0857. The number of hydrogen-bond donors (Lipinski definition) is 2. The molecule has 9 nitrogen and oxygen atoms in total. The molecule has 0 bridgehead atoms. The highest BCUT2D eigenvalue weighted by Gasteiger charge is 2.30. The molecule has 2 aromatic heterocycles. The van der Waals surface area contributed by atoms with Gasteiger partial charge in [-0.25, -0.2) is 9.07 Å². The predicted molar refractivity (Wildman–Crippen MR) is 201 cm³/mol. The van der Waals surface area contributed by atoms with Crippen molar-refractivity contribution in [2.24, 2.45) is 5.41 Å². The maximum Gasteiger partial charge on any atom is 0.168 e. The van der Waals surface area contributed by atoms with Crippen LogP contribution in [0, 0.1) is 22.6 Å². The van der Waals surface area contributed by atoms with Crippen LogP contribution in [-0.2, 0) is 0 Å². The molecule has 1 aliphatic rings. The minimum Gasteiger partial charge on any atom is -0.373 e. The molecule has 0 amide bonds. The summed E-state index contributed by atoms with van der Waals surface area (Å²) in [4.78, 5) is 20.3. The molecule has 5 aromatic rings. The van der Waals surface area contributed by atoms with E-state index in [1.54, 1.807) is 6.07 Å². The minimum atomic E-state index is -0.567. The fourth-order valence-electron chi connectivity index (χ4n) is 6.47. The summed E-state index contributed by atoms with van der Waals surface area (Å²) in [5, 5.41) is 27.0. The SMILES string of the molecule is CC(C)(C)C(=O)c1cccc(C(Nc2cc(Cl)c3ncc(C#N)c(Nc4ccc(F)c(Cl)c4)c3c2)c2cn(C3CCN(C(C)(C)C)CC3)nn2)c1. The Balaban J connectivity index is 1.41. The Morgan fingerprint density at radius 1 is 1.00 bits per heavy atom. The van der Waals surface area contributed by atoms with E-state index in [0.717, 1.165) is 31.5 Å². The van der Waals surface area contributed by atoms with Gasteiger partial charge in [0, 0.05) is 52.6 Å². The summed E-state index contributed by atoms with van der Waals surface area (Å²) in [6, 6.07) is 17.3. The summed E-state index contributed by atoms with van der Waals surface area (Å²) in [5.74, 6) is -0.527. The zero-order valence-corrected chi connectivity index (χ0v) is 31.1. The normalized spacial score (nSPS) is 15.1.